The second-order valence-electron chi connectivity index (χ2n) is 5.44. The molecule has 1 heterocycles. The molecule has 0 spiro atoms. The lowest BCUT2D eigenvalue weighted by Gasteiger charge is -2.29. The molecule has 0 radical (unpaired) electrons. The number of nitrogens with one attached hydrogen (secondary N) is 1. The highest BCUT2D eigenvalue weighted by Gasteiger charge is 2.23. The highest BCUT2D eigenvalue weighted by molar-refractivity contribution is 9.10. The minimum absolute atomic E-state index is 0.0642. The minimum atomic E-state index is 0.0642. The van der Waals surface area contributed by atoms with Gasteiger partial charge in [0.2, 0.25) is 0 Å². The van der Waals surface area contributed by atoms with Gasteiger partial charge in [0.15, 0.2) is 0 Å². The second-order valence-corrected chi connectivity index (χ2v) is 6.36. The molecule has 1 aliphatic carbocycles. The fourth-order valence-electron chi connectivity index (χ4n) is 2.98. The van der Waals surface area contributed by atoms with E-state index in [-0.39, 0.29) is 5.91 Å². The Morgan fingerprint density at radius 2 is 2.26 bits per heavy atom. The standard InChI is InChI=1S/C15H23BrN2O/c1-3-11-6-5-7-13(8-11)17-15(19)14-9-12(16)10-18(14)4-2/h9-11,13H,3-8H2,1-2H3,(H,17,19). The molecular weight excluding hydrogens is 304 g/mol. The van der Waals surface area contributed by atoms with Crippen molar-refractivity contribution in [2.75, 3.05) is 0 Å². The van der Waals surface area contributed by atoms with Gasteiger partial charge in [-0.15, -0.1) is 0 Å². The van der Waals surface area contributed by atoms with E-state index in [1.807, 2.05) is 16.8 Å². The normalized spacial score (nSPS) is 23.3. The van der Waals surface area contributed by atoms with Gasteiger partial charge < -0.3 is 9.88 Å². The SMILES string of the molecule is CCC1CCCC(NC(=O)c2cc(Br)cn2CC)C1. The van der Waals surface area contributed by atoms with E-state index >= 15 is 0 Å². The summed E-state index contributed by atoms with van der Waals surface area (Å²) in [5.74, 6) is 0.845. The molecule has 2 rings (SSSR count). The van der Waals surface area contributed by atoms with Crippen molar-refractivity contribution in [2.24, 2.45) is 5.92 Å². The molecule has 0 aromatic carbocycles. The van der Waals surface area contributed by atoms with E-state index < -0.39 is 0 Å². The monoisotopic (exact) mass is 326 g/mol. The van der Waals surface area contributed by atoms with Crippen LogP contribution in [0.3, 0.4) is 0 Å². The molecule has 19 heavy (non-hydrogen) atoms. The highest BCUT2D eigenvalue weighted by atomic mass is 79.9. The summed E-state index contributed by atoms with van der Waals surface area (Å²) in [6.07, 6.45) is 8.00. The topological polar surface area (TPSA) is 34.0 Å². The predicted octanol–water partition coefficient (Wildman–Crippen LogP) is 3.97. The number of halogens is 1. The lowest BCUT2D eigenvalue weighted by molar-refractivity contribution is 0.0910. The third kappa shape index (κ3) is 3.62. The van der Waals surface area contributed by atoms with E-state index in [1.54, 1.807) is 0 Å². The van der Waals surface area contributed by atoms with Crippen molar-refractivity contribution in [1.29, 1.82) is 0 Å². The summed E-state index contributed by atoms with van der Waals surface area (Å²) in [6, 6.07) is 2.25. The van der Waals surface area contributed by atoms with Gasteiger partial charge in [0.05, 0.1) is 0 Å². The average molecular weight is 327 g/mol. The Morgan fingerprint density at radius 3 is 2.95 bits per heavy atom. The van der Waals surface area contributed by atoms with Crippen molar-refractivity contribution in [1.82, 2.24) is 9.88 Å². The summed E-state index contributed by atoms with van der Waals surface area (Å²) < 4.78 is 2.95. The van der Waals surface area contributed by atoms with Crippen molar-refractivity contribution in [3.63, 3.8) is 0 Å². The number of carbonyl (C=O) groups excluding carboxylic acids is 1. The number of amides is 1. The summed E-state index contributed by atoms with van der Waals surface area (Å²) >= 11 is 3.44. The third-order valence-corrected chi connectivity index (χ3v) is 4.57. The molecule has 1 amide bonds. The first kappa shape index (κ1) is 14.6. The number of aryl methyl sites for hydroxylation is 1. The minimum Gasteiger partial charge on any atom is -0.348 e. The van der Waals surface area contributed by atoms with Gasteiger partial charge in [0.1, 0.15) is 5.69 Å². The largest absolute Gasteiger partial charge is 0.348 e. The fraction of sp³-hybridized carbons (Fsp3) is 0.667. The van der Waals surface area contributed by atoms with Gasteiger partial charge in [-0.25, -0.2) is 0 Å². The molecule has 3 nitrogen and oxygen atoms in total. The first-order valence-electron chi connectivity index (χ1n) is 7.30. The van der Waals surface area contributed by atoms with Crippen molar-refractivity contribution in [3.05, 3.63) is 22.4 Å². The summed E-state index contributed by atoms with van der Waals surface area (Å²) in [4.78, 5) is 12.3. The molecule has 2 atom stereocenters. The zero-order chi connectivity index (χ0) is 13.8. The number of nitrogens with zero attached hydrogens (tertiary/aromatic N) is 1. The average Bonchev–Trinajstić information content (AvgIpc) is 2.80. The zero-order valence-electron chi connectivity index (χ0n) is 11.8. The van der Waals surface area contributed by atoms with Crippen molar-refractivity contribution < 1.29 is 4.79 Å². The summed E-state index contributed by atoms with van der Waals surface area (Å²) in [5, 5.41) is 3.21. The maximum absolute atomic E-state index is 12.3. The fourth-order valence-corrected chi connectivity index (χ4v) is 3.44. The molecule has 1 saturated carbocycles. The maximum Gasteiger partial charge on any atom is 0.268 e. The Morgan fingerprint density at radius 1 is 1.47 bits per heavy atom. The maximum atomic E-state index is 12.3. The van der Waals surface area contributed by atoms with Gasteiger partial charge in [0.25, 0.3) is 5.91 Å². The van der Waals surface area contributed by atoms with E-state index in [4.69, 9.17) is 0 Å². The van der Waals surface area contributed by atoms with E-state index in [9.17, 15) is 4.79 Å². The van der Waals surface area contributed by atoms with Crippen LogP contribution in [0.15, 0.2) is 16.7 Å². The highest BCUT2D eigenvalue weighted by Crippen LogP contribution is 2.27. The Hall–Kier alpha value is -0.770. The van der Waals surface area contributed by atoms with Gasteiger partial charge in [-0.2, -0.15) is 0 Å². The molecule has 0 aliphatic heterocycles. The van der Waals surface area contributed by atoms with Crippen LogP contribution in [-0.4, -0.2) is 16.5 Å². The molecule has 1 aromatic heterocycles. The molecule has 4 heteroatoms. The molecule has 0 saturated heterocycles. The third-order valence-electron chi connectivity index (χ3n) is 4.13. The van der Waals surface area contributed by atoms with Gasteiger partial charge in [-0.1, -0.05) is 26.2 Å². The smallest absolute Gasteiger partial charge is 0.268 e. The Kier molecular flexibility index (Phi) is 5.08. The van der Waals surface area contributed by atoms with E-state index in [0.717, 1.165) is 35.5 Å². The number of carbonyl (C=O) groups is 1. The molecule has 1 aliphatic rings. The van der Waals surface area contributed by atoms with Crippen LogP contribution < -0.4 is 5.32 Å². The quantitative estimate of drug-likeness (QED) is 0.892. The number of rotatable bonds is 4. The van der Waals surface area contributed by atoms with Crippen LogP contribution in [0, 0.1) is 5.92 Å². The van der Waals surface area contributed by atoms with Gasteiger partial charge in [-0.3, -0.25) is 4.79 Å². The van der Waals surface area contributed by atoms with Gasteiger partial charge >= 0.3 is 0 Å². The van der Waals surface area contributed by atoms with Gasteiger partial charge in [0, 0.05) is 23.3 Å². The van der Waals surface area contributed by atoms with Crippen LogP contribution in [0.1, 0.15) is 56.4 Å². The lowest BCUT2D eigenvalue weighted by Crippen LogP contribution is -2.39. The van der Waals surface area contributed by atoms with Crippen LogP contribution in [-0.2, 0) is 6.54 Å². The Bertz CT molecular complexity index is 441. The first-order valence-corrected chi connectivity index (χ1v) is 8.09. The van der Waals surface area contributed by atoms with E-state index in [1.165, 1.54) is 19.3 Å². The van der Waals surface area contributed by atoms with Crippen molar-refractivity contribution in [2.45, 2.75) is 58.5 Å². The molecule has 0 bridgehead atoms. The summed E-state index contributed by atoms with van der Waals surface area (Å²) in [5.41, 5.74) is 0.757. The van der Waals surface area contributed by atoms with Gasteiger partial charge in [-0.05, 0) is 47.7 Å². The number of aromatic nitrogens is 1. The Labute approximate surface area is 123 Å². The summed E-state index contributed by atoms with van der Waals surface area (Å²) in [6.45, 7) is 5.11. The molecule has 1 N–H and O–H groups in total. The second kappa shape index (κ2) is 6.60. The van der Waals surface area contributed by atoms with Crippen LogP contribution in [0.25, 0.3) is 0 Å². The summed E-state index contributed by atoms with van der Waals surface area (Å²) in [7, 11) is 0. The van der Waals surface area contributed by atoms with Crippen LogP contribution >= 0.6 is 15.9 Å². The first-order chi connectivity index (χ1) is 9.13. The predicted molar refractivity (Wildman–Crippen MR) is 81.3 cm³/mol. The zero-order valence-corrected chi connectivity index (χ0v) is 13.4. The Balaban J connectivity index is 2.00. The molecule has 1 fully saturated rings. The molecule has 106 valence electrons. The number of hydrogen-bond acceptors (Lipinski definition) is 1. The molecular formula is C15H23BrN2O. The molecule has 1 aromatic rings. The number of hydrogen-bond donors (Lipinski definition) is 1. The van der Waals surface area contributed by atoms with Crippen LogP contribution in [0.2, 0.25) is 0 Å². The molecule has 2 unspecified atom stereocenters. The van der Waals surface area contributed by atoms with Crippen LogP contribution in [0.5, 0.6) is 0 Å². The van der Waals surface area contributed by atoms with Crippen molar-refractivity contribution >= 4 is 21.8 Å². The van der Waals surface area contributed by atoms with Crippen LogP contribution in [0.4, 0.5) is 0 Å². The van der Waals surface area contributed by atoms with E-state index in [2.05, 4.69) is 35.1 Å². The van der Waals surface area contributed by atoms with Crippen molar-refractivity contribution in [3.8, 4) is 0 Å². The van der Waals surface area contributed by atoms with E-state index in [0.29, 0.717) is 6.04 Å². The lowest BCUT2D eigenvalue weighted by atomic mass is 9.84.